The Labute approximate surface area is 110 Å². The number of aromatic nitrogens is 2. The molecule has 0 atom stereocenters. The highest BCUT2D eigenvalue weighted by Crippen LogP contribution is 2.05. The summed E-state index contributed by atoms with van der Waals surface area (Å²) >= 11 is 0. The fraction of sp³-hybridized carbons (Fsp3) is 0.154. The molecule has 1 aromatic heterocycles. The molecule has 19 heavy (non-hydrogen) atoms. The molecule has 6 heteroatoms. The molecule has 2 aromatic rings. The van der Waals surface area contributed by atoms with E-state index < -0.39 is 6.09 Å². The van der Waals surface area contributed by atoms with Gasteiger partial charge in [0, 0.05) is 6.92 Å². The predicted octanol–water partition coefficient (Wildman–Crippen LogP) is 2.03. The highest BCUT2D eigenvalue weighted by atomic mass is 16.5. The molecule has 0 fully saturated rings. The average Bonchev–Trinajstić information content (AvgIpc) is 2.85. The number of amides is 1. The van der Waals surface area contributed by atoms with Crippen LogP contribution in [0.3, 0.4) is 0 Å². The summed E-state index contributed by atoms with van der Waals surface area (Å²) in [5.41, 5.74) is 0.901. The van der Waals surface area contributed by atoms with Gasteiger partial charge < -0.3 is 10.1 Å². The van der Waals surface area contributed by atoms with Gasteiger partial charge in [-0.15, -0.1) is 0 Å². The van der Waals surface area contributed by atoms with Crippen LogP contribution in [0, 0.1) is 0 Å². The van der Waals surface area contributed by atoms with Gasteiger partial charge in [0.25, 0.3) is 0 Å². The fourth-order valence-electron chi connectivity index (χ4n) is 1.46. The van der Waals surface area contributed by atoms with E-state index in [0.717, 1.165) is 5.56 Å². The summed E-state index contributed by atoms with van der Waals surface area (Å²) < 4.78 is 6.28. The van der Waals surface area contributed by atoms with Crippen LogP contribution in [0.25, 0.3) is 0 Å². The van der Waals surface area contributed by atoms with Crippen LogP contribution < -0.4 is 5.32 Å². The van der Waals surface area contributed by atoms with Gasteiger partial charge in [0.2, 0.25) is 5.91 Å². The van der Waals surface area contributed by atoms with Crippen LogP contribution in [0.1, 0.15) is 12.5 Å². The largest absolute Gasteiger partial charge is 0.444 e. The van der Waals surface area contributed by atoms with Crippen molar-refractivity contribution >= 4 is 17.8 Å². The van der Waals surface area contributed by atoms with E-state index in [-0.39, 0.29) is 12.5 Å². The number of hydrogen-bond acceptors (Lipinski definition) is 4. The molecule has 0 unspecified atom stereocenters. The smallest absolute Gasteiger partial charge is 0.419 e. The molecule has 1 N–H and O–H groups in total. The van der Waals surface area contributed by atoms with Crippen molar-refractivity contribution in [1.82, 2.24) is 9.55 Å². The lowest BCUT2D eigenvalue weighted by Crippen LogP contribution is -2.12. The van der Waals surface area contributed by atoms with Crippen LogP contribution in [-0.2, 0) is 16.1 Å². The number of ether oxygens (including phenoxy) is 1. The first-order chi connectivity index (χ1) is 9.15. The highest BCUT2D eigenvalue weighted by Gasteiger charge is 2.08. The van der Waals surface area contributed by atoms with Crippen molar-refractivity contribution in [2.75, 3.05) is 5.32 Å². The molecule has 0 aliphatic heterocycles. The number of carbonyl (C=O) groups excluding carboxylic acids is 2. The van der Waals surface area contributed by atoms with Crippen molar-refractivity contribution in [2.24, 2.45) is 0 Å². The van der Waals surface area contributed by atoms with E-state index in [1.165, 1.54) is 24.0 Å². The van der Waals surface area contributed by atoms with Crippen LogP contribution in [0.5, 0.6) is 0 Å². The highest BCUT2D eigenvalue weighted by molar-refractivity contribution is 5.87. The Balaban J connectivity index is 1.93. The maximum Gasteiger partial charge on any atom is 0.419 e. The van der Waals surface area contributed by atoms with Gasteiger partial charge in [-0.1, -0.05) is 30.3 Å². The van der Waals surface area contributed by atoms with Crippen LogP contribution >= 0.6 is 0 Å². The van der Waals surface area contributed by atoms with E-state index >= 15 is 0 Å². The lowest BCUT2D eigenvalue weighted by atomic mass is 10.2. The molecule has 0 aliphatic rings. The van der Waals surface area contributed by atoms with Gasteiger partial charge in [0.05, 0.1) is 6.20 Å². The molecule has 0 saturated carbocycles. The summed E-state index contributed by atoms with van der Waals surface area (Å²) in [6.45, 7) is 1.56. The molecule has 0 bridgehead atoms. The van der Waals surface area contributed by atoms with Crippen LogP contribution in [0.4, 0.5) is 10.6 Å². The molecule has 0 radical (unpaired) electrons. The lowest BCUT2D eigenvalue weighted by Gasteiger charge is -2.04. The van der Waals surface area contributed by atoms with E-state index in [0.29, 0.717) is 5.82 Å². The monoisotopic (exact) mass is 259 g/mol. The summed E-state index contributed by atoms with van der Waals surface area (Å²) in [5, 5.41) is 2.48. The van der Waals surface area contributed by atoms with Gasteiger partial charge in [-0.2, -0.15) is 0 Å². The SMILES string of the molecule is CC(=O)Nc1cn(C(=O)OCc2ccccc2)cn1. The summed E-state index contributed by atoms with van der Waals surface area (Å²) in [6, 6.07) is 9.36. The Morgan fingerprint density at radius 2 is 2.05 bits per heavy atom. The zero-order valence-electron chi connectivity index (χ0n) is 10.4. The predicted molar refractivity (Wildman–Crippen MR) is 68.6 cm³/mol. The number of nitrogens with one attached hydrogen (secondary N) is 1. The second kappa shape index (κ2) is 5.81. The van der Waals surface area contributed by atoms with E-state index in [4.69, 9.17) is 4.74 Å². The summed E-state index contributed by atoms with van der Waals surface area (Å²) in [6.07, 6.45) is 2.14. The maximum atomic E-state index is 11.7. The van der Waals surface area contributed by atoms with Gasteiger partial charge in [0.1, 0.15) is 12.9 Å². The summed E-state index contributed by atoms with van der Waals surface area (Å²) in [4.78, 5) is 26.4. The van der Waals surface area contributed by atoms with E-state index in [2.05, 4.69) is 10.3 Å². The van der Waals surface area contributed by atoms with E-state index in [1.54, 1.807) is 0 Å². The standard InChI is InChI=1S/C13H13N3O3/c1-10(17)15-12-7-16(9-14-12)13(18)19-8-11-5-3-2-4-6-11/h2-7,9H,8H2,1H3,(H,15,17). The van der Waals surface area contributed by atoms with Crippen LogP contribution in [0.2, 0.25) is 0 Å². The number of imidazole rings is 1. The van der Waals surface area contributed by atoms with Crippen molar-refractivity contribution in [3.8, 4) is 0 Å². The molecule has 1 aromatic carbocycles. The normalized spacial score (nSPS) is 9.95. The minimum absolute atomic E-state index is 0.188. The third kappa shape index (κ3) is 3.67. The molecular formula is C13H13N3O3. The quantitative estimate of drug-likeness (QED) is 0.915. The zero-order valence-corrected chi connectivity index (χ0v) is 10.4. The Bertz CT molecular complexity index is 578. The molecule has 0 aliphatic carbocycles. The molecule has 0 saturated heterocycles. The number of carbonyl (C=O) groups is 2. The minimum atomic E-state index is -0.548. The molecule has 0 spiro atoms. The van der Waals surface area contributed by atoms with Crippen molar-refractivity contribution in [1.29, 1.82) is 0 Å². The Hall–Kier alpha value is -2.63. The third-order valence-corrected chi connectivity index (χ3v) is 2.30. The molecule has 1 heterocycles. The molecule has 2 rings (SSSR count). The Morgan fingerprint density at radius 3 is 2.74 bits per heavy atom. The molecule has 6 nitrogen and oxygen atoms in total. The average molecular weight is 259 g/mol. The van der Waals surface area contributed by atoms with Crippen molar-refractivity contribution < 1.29 is 14.3 Å². The molecular weight excluding hydrogens is 246 g/mol. The Kier molecular flexibility index (Phi) is 3.92. The number of rotatable bonds is 3. The lowest BCUT2D eigenvalue weighted by molar-refractivity contribution is -0.114. The summed E-state index contributed by atoms with van der Waals surface area (Å²) in [5.74, 6) is 0.0621. The molecule has 98 valence electrons. The maximum absolute atomic E-state index is 11.7. The fourth-order valence-corrected chi connectivity index (χ4v) is 1.46. The molecule has 1 amide bonds. The number of anilines is 1. The van der Waals surface area contributed by atoms with Crippen LogP contribution in [-0.4, -0.2) is 21.6 Å². The third-order valence-electron chi connectivity index (χ3n) is 2.30. The van der Waals surface area contributed by atoms with E-state index in [9.17, 15) is 9.59 Å². The Morgan fingerprint density at radius 1 is 1.32 bits per heavy atom. The minimum Gasteiger partial charge on any atom is -0.444 e. The van der Waals surface area contributed by atoms with Crippen LogP contribution in [0.15, 0.2) is 42.9 Å². The second-order valence-electron chi connectivity index (χ2n) is 3.89. The number of hydrogen-bond donors (Lipinski definition) is 1. The van der Waals surface area contributed by atoms with Gasteiger partial charge in [-0.3, -0.25) is 4.79 Å². The van der Waals surface area contributed by atoms with Gasteiger partial charge in [-0.25, -0.2) is 14.3 Å². The zero-order chi connectivity index (χ0) is 13.7. The first kappa shape index (κ1) is 12.8. The topological polar surface area (TPSA) is 73.2 Å². The second-order valence-corrected chi connectivity index (χ2v) is 3.89. The first-order valence-electron chi connectivity index (χ1n) is 5.68. The first-order valence-corrected chi connectivity index (χ1v) is 5.68. The van der Waals surface area contributed by atoms with Crippen molar-refractivity contribution in [3.63, 3.8) is 0 Å². The van der Waals surface area contributed by atoms with Crippen molar-refractivity contribution in [3.05, 3.63) is 48.4 Å². The van der Waals surface area contributed by atoms with Gasteiger partial charge in [-0.05, 0) is 5.56 Å². The van der Waals surface area contributed by atoms with Crippen molar-refractivity contribution in [2.45, 2.75) is 13.5 Å². The number of benzene rings is 1. The van der Waals surface area contributed by atoms with Gasteiger partial charge >= 0.3 is 6.09 Å². The van der Waals surface area contributed by atoms with Gasteiger partial charge in [0.15, 0.2) is 5.82 Å². The van der Waals surface area contributed by atoms with E-state index in [1.807, 2.05) is 30.3 Å². The summed E-state index contributed by atoms with van der Waals surface area (Å²) in [7, 11) is 0. The number of nitrogens with zero attached hydrogens (tertiary/aromatic N) is 2.